The van der Waals surface area contributed by atoms with Crippen molar-refractivity contribution in [2.75, 3.05) is 6.54 Å². The average Bonchev–Trinajstić information content (AvgIpc) is 2.75. The number of nitrogens with one attached hydrogen (secondary N) is 3. The molecule has 0 saturated carbocycles. The molecule has 0 aliphatic carbocycles. The summed E-state index contributed by atoms with van der Waals surface area (Å²) in [7, 11) is 0. The number of carbonyl (C=O) groups is 4. The van der Waals surface area contributed by atoms with E-state index >= 15 is 0 Å². The van der Waals surface area contributed by atoms with Gasteiger partial charge in [0.2, 0.25) is 5.91 Å². The van der Waals surface area contributed by atoms with E-state index in [1.807, 2.05) is 44.2 Å². The van der Waals surface area contributed by atoms with Crippen LogP contribution in [0, 0.1) is 5.92 Å². The van der Waals surface area contributed by atoms with Crippen molar-refractivity contribution < 1.29 is 33.8 Å². The normalized spacial score (nSPS) is 12.9. The number of carbonyl (C=O) groups excluding carboxylic acids is 3. The Morgan fingerprint density at radius 2 is 1.60 bits per heavy atom. The Kier molecular flexibility index (Phi) is 12.6. The highest BCUT2D eigenvalue weighted by atomic mass is 16.6. The summed E-state index contributed by atoms with van der Waals surface area (Å²) in [5.41, 5.74) is 0.123. The second kappa shape index (κ2) is 14.9. The van der Waals surface area contributed by atoms with Crippen LogP contribution in [0.2, 0.25) is 0 Å². The van der Waals surface area contributed by atoms with Crippen molar-refractivity contribution in [2.24, 2.45) is 5.92 Å². The molecule has 196 valence electrons. The molecular formula is C25H39N3O7. The van der Waals surface area contributed by atoms with Crippen LogP contribution < -0.4 is 16.0 Å². The molecule has 3 amide bonds. The van der Waals surface area contributed by atoms with Crippen LogP contribution in [0.5, 0.6) is 0 Å². The van der Waals surface area contributed by atoms with E-state index in [0.29, 0.717) is 19.4 Å². The average molecular weight is 494 g/mol. The van der Waals surface area contributed by atoms with E-state index in [1.165, 1.54) is 0 Å². The molecule has 35 heavy (non-hydrogen) atoms. The Bertz CT molecular complexity index is 822. The van der Waals surface area contributed by atoms with Crippen molar-refractivity contribution in [1.29, 1.82) is 0 Å². The molecule has 10 heteroatoms. The van der Waals surface area contributed by atoms with Gasteiger partial charge in [0.25, 0.3) is 0 Å². The molecule has 0 saturated heterocycles. The van der Waals surface area contributed by atoms with Crippen LogP contribution in [0.1, 0.15) is 65.9 Å². The van der Waals surface area contributed by atoms with Crippen molar-refractivity contribution in [1.82, 2.24) is 16.0 Å². The maximum Gasteiger partial charge on any atom is 0.408 e. The number of hydrogen-bond acceptors (Lipinski definition) is 6. The standard InChI is InChI=1S/C25H39N3O7/c1-17(2)15-20(22(30)31)27-21(29)19(28-24(33)35-25(3,4)5)13-9-10-14-26-23(32)34-16-18-11-7-6-8-12-18/h6-8,11-12,17,19-20H,9-10,13-16H2,1-5H3,(H,26,32)(H,27,29)(H,28,33)(H,30,31). The van der Waals surface area contributed by atoms with E-state index in [0.717, 1.165) is 5.56 Å². The second-order valence-corrected chi connectivity index (χ2v) is 9.71. The lowest BCUT2D eigenvalue weighted by atomic mass is 10.0. The van der Waals surface area contributed by atoms with Gasteiger partial charge in [-0.1, -0.05) is 44.2 Å². The first kappa shape index (κ1) is 29.7. The van der Waals surface area contributed by atoms with Crippen molar-refractivity contribution in [3.8, 4) is 0 Å². The molecule has 4 N–H and O–H groups in total. The van der Waals surface area contributed by atoms with E-state index in [4.69, 9.17) is 9.47 Å². The van der Waals surface area contributed by atoms with Gasteiger partial charge in [0.1, 0.15) is 24.3 Å². The van der Waals surface area contributed by atoms with E-state index in [-0.39, 0.29) is 25.4 Å². The molecule has 0 spiro atoms. The Labute approximate surface area is 207 Å². The highest BCUT2D eigenvalue weighted by molar-refractivity contribution is 5.89. The van der Waals surface area contributed by atoms with Gasteiger partial charge in [0, 0.05) is 6.54 Å². The molecule has 0 radical (unpaired) electrons. The van der Waals surface area contributed by atoms with Gasteiger partial charge >= 0.3 is 18.2 Å². The van der Waals surface area contributed by atoms with Gasteiger partial charge in [-0.25, -0.2) is 14.4 Å². The summed E-state index contributed by atoms with van der Waals surface area (Å²) in [5.74, 6) is -1.68. The molecule has 0 aromatic heterocycles. The maximum atomic E-state index is 12.8. The summed E-state index contributed by atoms with van der Waals surface area (Å²) in [4.78, 5) is 48.4. The summed E-state index contributed by atoms with van der Waals surface area (Å²) >= 11 is 0. The molecular weight excluding hydrogens is 454 g/mol. The number of ether oxygens (including phenoxy) is 2. The number of amides is 3. The highest BCUT2D eigenvalue weighted by Gasteiger charge is 2.28. The molecule has 0 heterocycles. The number of unbranched alkanes of at least 4 members (excludes halogenated alkanes) is 1. The fourth-order valence-electron chi connectivity index (χ4n) is 3.12. The third kappa shape index (κ3) is 13.9. The van der Waals surface area contributed by atoms with Gasteiger partial charge in [0.05, 0.1) is 0 Å². The monoisotopic (exact) mass is 493 g/mol. The lowest BCUT2D eigenvalue weighted by Crippen LogP contribution is -2.52. The zero-order valence-electron chi connectivity index (χ0n) is 21.3. The Morgan fingerprint density at radius 1 is 0.943 bits per heavy atom. The number of aliphatic carboxylic acids is 1. The quantitative estimate of drug-likeness (QED) is 0.308. The van der Waals surface area contributed by atoms with E-state index in [9.17, 15) is 24.3 Å². The van der Waals surface area contributed by atoms with E-state index in [1.54, 1.807) is 20.8 Å². The first-order valence-corrected chi connectivity index (χ1v) is 11.8. The smallest absolute Gasteiger partial charge is 0.408 e. The van der Waals surface area contributed by atoms with Gasteiger partial charge in [-0.3, -0.25) is 4.79 Å². The molecule has 0 fully saturated rings. The summed E-state index contributed by atoms with van der Waals surface area (Å²) in [6.07, 6.45) is 0.183. The van der Waals surface area contributed by atoms with Crippen LogP contribution in [0.25, 0.3) is 0 Å². The SMILES string of the molecule is CC(C)CC(NC(=O)C(CCCCNC(=O)OCc1ccccc1)NC(=O)OC(C)(C)C)C(=O)O. The van der Waals surface area contributed by atoms with Crippen LogP contribution >= 0.6 is 0 Å². The second-order valence-electron chi connectivity index (χ2n) is 9.71. The van der Waals surface area contributed by atoms with Gasteiger partial charge in [-0.15, -0.1) is 0 Å². The van der Waals surface area contributed by atoms with Crippen molar-refractivity contribution in [2.45, 2.75) is 84.6 Å². The minimum absolute atomic E-state index is 0.0568. The molecule has 1 aromatic carbocycles. The number of alkyl carbamates (subject to hydrolysis) is 2. The Hall–Kier alpha value is -3.30. The van der Waals surface area contributed by atoms with E-state index in [2.05, 4.69) is 16.0 Å². The van der Waals surface area contributed by atoms with Crippen LogP contribution in [-0.2, 0) is 25.7 Å². The Balaban J connectivity index is 2.57. The summed E-state index contributed by atoms with van der Waals surface area (Å²) < 4.78 is 10.4. The summed E-state index contributed by atoms with van der Waals surface area (Å²) in [6.45, 7) is 9.30. The van der Waals surface area contributed by atoms with Crippen LogP contribution in [0.15, 0.2) is 30.3 Å². The molecule has 2 unspecified atom stereocenters. The van der Waals surface area contributed by atoms with E-state index < -0.39 is 41.7 Å². The number of carboxylic acid groups (broad SMARTS) is 1. The number of rotatable bonds is 13. The molecule has 10 nitrogen and oxygen atoms in total. The zero-order chi connectivity index (χ0) is 26.4. The fraction of sp³-hybridized carbons (Fsp3) is 0.600. The molecule has 0 aliphatic heterocycles. The largest absolute Gasteiger partial charge is 0.480 e. The van der Waals surface area contributed by atoms with Crippen LogP contribution in [0.4, 0.5) is 9.59 Å². The molecule has 0 aliphatic rings. The fourth-order valence-corrected chi connectivity index (χ4v) is 3.12. The van der Waals surface area contributed by atoms with Crippen molar-refractivity contribution >= 4 is 24.1 Å². The predicted molar refractivity (Wildman–Crippen MR) is 131 cm³/mol. The highest BCUT2D eigenvalue weighted by Crippen LogP contribution is 2.10. The predicted octanol–water partition coefficient (Wildman–Crippen LogP) is 3.59. The lowest BCUT2D eigenvalue weighted by Gasteiger charge is -2.25. The first-order chi connectivity index (χ1) is 16.4. The molecule has 1 aromatic rings. The third-order valence-electron chi connectivity index (χ3n) is 4.73. The zero-order valence-corrected chi connectivity index (χ0v) is 21.3. The van der Waals surface area contributed by atoms with Crippen molar-refractivity contribution in [3.63, 3.8) is 0 Å². The third-order valence-corrected chi connectivity index (χ3v) is 4.73. The van der Waals surface area contributed by atoms with Gasteiger partial charge in [0.15, 0.2) is 0 Å². The summed E-state index contributed by atoms with van der Waals surface area (Å²) in [6, 6.07) is 7.25. The maximum absolute atomic E-state index is 12.8. The number of benzene rings is 1. The number of hydrogen-bond donors (Lipinski definition) is 4. The Morgan fingerprint density at radius 3 is 2.17 bits per heavy atom. The van der Waals surface area contributed by atoms with Gasteiger partial charge < -0.3 is 30.5 Å². The molecule has 2 atom stereocenters. The molecule has 0 bridgehead atoms. The topological polar surface area (TPSA) is 143 Å². The van der Waals surface area contributed by atoms with Gasteiger partial charge in [-0.2, -0.15) is 0 Å². The van der Waals surface area contributed by atoms with Crippen LogP contribution in [-0.4, -0.2) is 53.4 Å². The minimum atomic E-state index is -1.14. The molecule has 1 rings (SSSR count). The number of carboxylic acids is 1. The van der Waals surface area contributed by atoms with Crippen molar-refractivity contribution in [3.05, 3.63) is 35.9 Å². The minimum Gasteiger partial charge on any atom is -0.480 e. The lowest BCUT2D eigenvalue weighted by molar-refractivity contribution is -0.142. The summed E-state index contributed by atoms with van der Waals surface area (Å²) in [5, 5.41) is 17.1. The van der Waals surface area contributed by atoms with Gasteiger partial charge in [-0.05, 0) is 57.9 Å². The first-order valence-electron chi connectivity index (χ1n) is 11.8. The van der Waals surface area contributed by atoms with Crippen LogP contribution in [0.3, 0.4) is 0 Å².